The zero-order valence-electron chi connectivity index (χ0n) is 32.1. The van der Waals surface area contributed by atoms with Gasteiger partial charge in [0.1, 0.15) is 11.2 Å². The molecule has 0 bridgehead atoms. The van der Waals surface area contributed by atoms with Crippen LogP contribution in [0.15, 0.2) is 223 Å². The Labute approximate surface area is 341 Å². The molecule has 0 aliphatic carbocycles. The number of anilines is 3. The Morgan fingerprint density at radius 3 is 1.83 bits per heavy atom. The Morgan fingerprint density at radius 2 is 1.00 bits per heavy atom. The van der Waals surface area contributed by atoms with Crippen LogP contribution in [0.25, 0.3) is 93.2 Å². The number of rotatable bonds is 6. The second-order valence-electron chi connectivity index (χ2n) is 15.3. The minimum Gasteiger partial charge on any atom is -0.455 e. The summed E-state index contributed by atoms with van der Waals surface area (Å²) < 4.78 is 9.16. The van der Waals surface area contributed by atoms with E-state index in [-0.39, 0.29) is 0 Å². The summed E-state index contributed by atoms with van der Waals surface area (Å²) in [6.45, 7) is 0. The maximum atomic E-state index is 6.78. The molecule has 276 valence electrons. The van der Waals surface area contributed by atoms with Gasteiger partial charge >= 0.3 is 0 Å². The maximum absolute atomic E-state index is 6.78. The monoisotopic (exact) mass is 752 g/mol. The van der Waals surface area contributed by atoms with Crippen LogP contribution >= 0.6 is 0 Å². The zero-order chi connectivity index (χ0) is 38.9. The van der Waals surface area contributed by atoms with Gasteiger partial charge < -0.3 is 13.9 Å². The molecule has 0 atom stereocenters. The largest absolute Gasteiger partial charge is 0.455 e. The summed E-state index contributed by atoms with van der Waals surface area (Å²) in [4.78, 5) is 2.40. The second kappa shape index (κ2) is 13.4. The van der Waals surface area contributed by atoms with Gasteiger partial charge in [0.15, 0.2) is 0 Å². The van der Waals surface area contributed by atoms with Crippen molar-refractivity contribution in [2.24, 2.45) is 0 Å². The van der Waals surface area contributed by atoms with Crippen LogP contribution in [-0.2, 0) is 0 Å². The highest BCUT2D eigenvalue weighted by Gasteiger charge is 2.23. The smallest absolute Gasteiger partial charge is 0.145 e. The molecule has 2 heterocycles. The van der Waals surface area contributed by atoms with Crippen LogP contribution in [0.5, 0.6) is 0 Å². The number of hydrogen-bond acceptors (Lipinski definition) is 2. The van der Waals surface area contributed by atoms with Crippen molar-refractivity contribution >= 4 is 82.4 Å². The molecule has 12 aromatic rings. The highest BCUT2D eigenvalue weighted by molar-refractivity contribution is 6.18. The van der Waals surface area contributed by atoms with Gasteiger partial charge in [-0.2, -0.15) is 0 Å². The van der Waals surface area contributed by atoms with Crippen molar-refractivity contribution in [3.63, 3.8) is 0 Å². The lowest BCUT2D eigenvalue weighted by Crippen LogP contribution is -2.10. The van der Waals surface area contributed by atoms with E-state index in [1.54, 1.807) is 0 Å². The van der Waals surface area contributed by atoms with Gasteiger partial charge in [-0.05, 0) is 105 Å². The summed E-state index contributed by atoms with van der Waals surface area (Å²) in [5.74, 6) is 0. The predicted octanol–water partition coefficient (Wildman–Crippen LogP) is 15.8. The van der Waals surface area contributed by atoms with E-state index in [9.17, 15) is 0 Å². The number of nitrogens with zero attached hydrogens (tertiary/aromatic N) is 2. The topological polar surface area (TPSA) is 21.3 Å². The van der Waals surface area contributed by atoms with Gasteiger partial charge in [-0.1, -0.05) is 152 Å². The molecule has 0 fully saturated rings. The normalized spacial score (nSPS) is 11.7. The Balaban J connectivity index is 1.06. The summed E-state index contributed by atoms with van der Waals surface area (Å²) in [5.41, 5.74) is 13.0. The van der Waals surface area contributed by atoms with Gasteiger partial charge in [-0.15, -0.1) is 0 Å². The fraction of sp³-hybridized carbons (Fsp3) is 0. The highest BCUT2D eigenvalue weighted by Crippen LogP contribution is 2.47. The van der Waals surface area contributed by atoms with Gasteiger partial charge in [-0.3, -0.25) is 0 Å². The summed E-state index contributed by atoms with van der Waals surface area (Å²) in [7, 11) is 0. The van der Waals surface area contributed by atoms with Crippen LogP contribution in [0.1, 0.15) is 0 Å². The molecular weight excluding hydrogens is 717 g/mol. The lowest BCUT2D eigenvalue weighted by atomic mass is 9.98. The SMILES string of the molecule is c1ccc(-c2ccc(N(c3ccc(-c4ccc5c6ccccc6n(-c6ccccc6)c5c4)cc3)c3ccc4ccc5ccccc5c4c3)c3c2oc2ccccc23)cc1. The molecule has 2 aromatic heterocycles. The molecule has 0 aliphatic rings. The van der Waals surface area contributed by atoms with Gasteiger partial charge in [0.25, 0.3) is 0 Å². The number of benzene rings is 10. The van der Waals surface area contributed by atoms with E-state index < -0.39 is 0 Å². The summed E-state index contributed by atoms with van der Waals surface area (Å²) >= 11 is 0. The number of para-hydroxylation sites is 3. The van der Waals surface area contributed by atoms with E-state index in [1.165, 1.54) is 48.9 Å². The standard InChI is InChI=1S/C56H36N2O/c1-3-13-38(14-4-1)46-33-34-52(55-49-20-10-12-22-54(49)59-56(46)55)57(44-31-27-40-24-23-39-15-7-8-18-45(39)50(40)36-44)43-29-25-37(26-30-43)41-28-32-48-47-19-9-11-21-51(47)58(53(48)35-41)42-16-5-2-6-17-42/h1-36H. The molecule has 0 N–H and O–H groups in total. The predicted molar refractivity (Wildman–Crippen MR) is 249 cm³/mol. The Hall–Kier alpha value is -7.88. The number of hydrogen-bond donors (Lipinski definition) is 0. The molecule has 3 heteroatoms. The quantitative estimate of drug-likeness (QED) is 0.158. The molecule has 0 spiro atoms. The molecule has 59 heavy (non-hydrogen) atoms. The highest BCUT2D eigenvalue weighted by atomic mass is 16.3. The molecule has 0 unspecified atom stereocenters. The van der Waals surface area contributed by atoms with Crippen molar-refractivity contribution in [1.29, 1.82) is 0 Å². The molecule has 0 radical (unpaired) electrons. The van der Waals surface area contributed by atoms with Gasteiger partial charge in [0.05, 0.1) is 22.1 Å². The van der Waals surface area contributed by atoms with Crippen molar-refractivity contribution in [3.8, 4) is 27.9 Å². The Morgan fingerprint density at radius 1 is 0.373 bits per heavy atom. The lowest BCUT2D eigenvalue weighted by Gasteiger charge is -2.27. The third-order valence-corrected chi connectivity index (χ3v) is 12.0. The van der Waals surface area contributed by atoms with Gasteiger partial charge in [0, 0.05) is 38.8 Å². The molecule has 3 nitrogen and oxygen atoms in total. The van der Waals surface area contributed by atoms with Gasteiger partial charge in [-0.25, -0.2) is 0 Å². The van der Waals surface area contributed by atoms with Crippen LogP contribution in [0.4, 0.5) is 17.1 Å². The minimum absolute atomic E-state index is 0.871. The molecule has 10 aromatic carbocycles. The fourth-order valence-electron chi connectivity index (χ4n) is 9.21. The van der Waals surface area contributed by atoms with Gasteiger partial charge in [0.2, 0.25) is 0 Å². The summed E-state index contributed by atoms with van der Waals surface area (Å²) in [5, 5.41) is 9.57. The van der Waals surface area contributed by atoms with Crippen LogP contribution in [-0.4, -0.2) is 4.57 Å². The summed E-state index contributed by atoms with van der Waals surface area (Å²) in [6.07, 6.45) is 0. The van der Waals surface area contributed by atoms with Crippen LogP contribution in [0.3, 0.4) is 0 Å². The third kappa shape index (κ3) is 5.36. The second-order valence-corrected chi connectivity index (χ2v) is 15.3. The number of fused-ring (bicyclic) bond motifs is 9. The minimum atomic E-state index is 0.871. The summed E-state index contributed by atoms with van der Waals surface area (Å²) in [6, 6.07) is 78.7. The molecule has 0 saturated heterocycles. The molecule has 0 aliphatic heterocycles. The molecular formula is C56H36N2O. The average Bonchev–Trinajstić information content (AvgIpc) is 3.86. The van der Waals surface area contributed by atoms with Crippen molar-refractivity contribution < 1.29 is 4.42 Å². The maximum Gasteiger partial charge on any atom is 0.145 e. The van der Waals surface area contributed by atoms with E-state index in [4.69, 9.17) is 4.42 Å². The van der Waals surface area contributed by atoms with Crippen LogP contribution < -0.4 is 4.90 Å². The first-order chi connectivity index (χ1) is 29.3. The molecule has 0 amide bonds. The van der Waals surface area contributed by atoms with Crippen molar-refractivity contribution in [1.82, 2.24) is 4.57 Å². The Kier molecular flexibility index (Phi) is 7.54. The van der Waals surface area contributed by atoms with Crippen LogP contribution in [0.2, 0.25) is 0 Å². The van der Waals surface area contributed by atoms with Crippen molar-refractivity contribution in [2.45, 2.75) is 0 Å². The van der Waals surface area contributed by atoms with E-state index in [2.05, 4.69) is 222 Å². The lowest BCUT2D eigenvalue weighted by molar-refractivity contribution is 0.670. The first-order valence-corrected chi connectivity index (χ1v) is 20.2. The number of aromatic nitrogens is 1. The van der Waals surface area contributed by atoms with Crippen molar-refractivity contribution in [3.05, 3.63) is 218 Å². The van der Waals surface area contributed by atoms with E-state index in [0.29, 0.717) is 0 Å². The van der Waals surface area contributed by atoms with E-state index in [1.807, 2.05) is 6.07 Å². The van der Waals surface area contributed by atoms with Crippen LogP contribution in [0, 0.1) is 0 Å². The first-order valence-electron chi connectivity index (χ1n) is 20.2. The molecule has 12 rings (SSSR count). The zero-order valence-corrected chi connectivity index (χ0v) is 32.1. The first kappa shape index (κ1) is 33.3. The Bertz CT molecular complexity index is 3540. The van der Waals surface area contributed by atoms with E-state index >= 15 is 0 Å². The molecule has 0 saturated carbocycles. The average molecular weight is 753 g/mol. The third-order valence-electron chi connectivity index (χ3n) is 12.0. The van der Waals surface area contributed by atoms with Crippen molar-refractivity contribution in [2.75, 3.05) is 4.90 Å². The van der Waals surface area contributed by atoms with E-state index in [0.717, 1.165) is 61.4 Å². The number of furan rings is 1. The fourth-order valence-corrected chi connectivity index (χ4v) is 9.21.